The lowest BCUT2D eigenvalue weighted by Crippen LogP contribution is -2.20. The smallest absolute Gasteiger partial charge is 0.277 e. The number of carbonyl (C=O) groups is 1. The largest absolute Gasteiger partial charge is 0.294 e. The van der Waals surface area contributed by atoms with Crippen molar-refractivity contribution in [3.63, 3.8) is 0 Å². The minimum absolute atomic E-state index is 0.0286. The fourth-order valence-corrected chi connectivity index (χ4v) is 2.00. The number of ketones is 1. The van der Waals surface area contributed by atoms with E-state index in [1.54, 1.807) is 30.3 Å². The molecular weight excluding hydrogens is 242 g/mol. The summed E-state index contributed by atoms with van der Waals surface area (Å²) in [5.74, 6) is 0.0286. The number of rotatable bonds is 2. The molecule has 0 aromatic heterocycles. The van der Waals surface area contributed by atoms with Crippen LogP contribution in [-0.4, -0.2) is 10.7 Å². The van der Waals surface area contributed by atoms with E-state index in [-0.39, 0.29) is 11.5 Å². The highest BCUT2D eigenvalue weighted by molar-refractivity contribution is 6.04. The average Bonchev–Trinajstić information content (AvgIpc) is 2.35. The van der Waals surface area contributed by atoms with Crippen LogP contribution in [0.3, 0.4) is 0 Å². The first-order chi connectivity index (χ1) is 8.80. The van der Waals surface area contributed by atoms with Crippen LogP contribution < -0.4 is 0 Å². The number of benzene rings is 2. The van der Waals surface area contributed by atoms with Gasteiger partial charge >= 0.3 is 0 Å². The third-order valence-corrected chi connectivity index (χ3v) is 3.00. The molecule has 19 heavy (non-hydrogen) atoms. The predicted octanol–water partition coefficient (Wildman–Crippen LogP) is 3.98. The van der Waals surface area contributed by atoms with E-state index >= 15 is 0 Å². The van der Waals surface area contributed by atoms with Crippen LogP contribution >= 0.6 is 0 Å². The predicted molar refractivity (Wildman–Crippen MR) is 74.4 cm³/mol. The van der Waals surface area contributed by atoms with Crippen molar-refractivity contribution in [3.8, 4) is 0 Å². The lowest BCUT2D eigenvalue weighted by molar-refractivity contribution is -0.383. The van der Waals surface area contributed by atoms with Crippen molar-refractivity contribution in [1.82, 2.24) is 0 Å². The molecule has 0 heterocycles. The van der Waals surface area contributed by atoms with Gasteiger partial charge in [-0.2, -0.15) is 0 Å². The number of non-ortho nitro benzene ring substituents is 1. The molecule has 0 amide bonds. The van der Waals surface area contributed by atoms with E-state index in [9.17, 15) is 14.9 Å². The molecule has 2 aromatic rings. The molecule has 0 spiro atoms. The molecule has 0 unspecified atom stereocenters. The summed E-state index contributed by atoms with van der Waals surface area (Å²) in [6, 6.07) is 9.90. The van der Waals surface area contributed by atoms with Gasteiger partial charge in [0.15, 0.2) is 5.78 Å². The van der Waals surface area contributed by atoms with E-state index in [2.05, 4.69) is 0 Å². The van der Waals surface area contributed by atoms with Crippen molar-refractivity contribution >= 4 is 22.2 Å². The molecule has 4 heteroatoms. The molecule has 0 radical (unpaired) electrons. The third kappa shape index (κ3) is 2.47. The monoisotopic (exact) mass is 257 g/mol. The first-order valence-electron chi connectivity index (χ1n) is 6.02. The number of hydrogen-bond donors (Lipinski definition) is 0. The van der Waals surface area contributed by atoms with Crippen LogP contribution in [0.2, 0.25) is 0 Å². The summed E-state index contributed by atoms with van der Waals surface area (Å²) in [4.78, 5) is 22.7. The SMILES string of the molecule is CC(C)(C)C(=O)c1ccc2c([N+](=O)[O-])cccc2c1. The number of hydrogen-bond acceptors (Lipinski definition) is 3. The molecule has 98 valence electrons. The summed E-state index contributed by atoms with van der Waals surface area (Å²) >= 11 is 0. The zero-order valence-electron chi connectivity index (χ0n) is 11.1. The summed E-state index contributed by atoms with van der Waals surface area (Å²) in [5.41, 5.74) is 0.182. The van der Waals surface area contributed by atoms with Crippen molar-refractivity contribution in [2.24, 2.45) is 5.41 Å². The van der Waals surface area contributed by atoms with Gasteiger partial charge in [-0.05, 0) is 17.5 Å². The van der Waals surface area contributed by atoms with E-state index in [1.807, 2.05) is 20.8 Å². The first-order valence-corrected chi connectivity index (χ1v) is 6.02. The highest BCUT2D eigenvalue weighted by Gasteiger charge is 2.23. The number of carbonyl (C=O) groups excluding carboxylic acids is 1. The first kappa shape index (κ1) is 13.2. The van der Waals surface area contributed by atoms with Crippen LogP contribution in [0.5, 0.6) is 0 Å². The molecule has 0 saturated carbocycles. The Kier molecular flexibility index (Phi) is 3.10. The Morgan fingerprint density at radius 3 is 2.42 bits per heavy atom. The van der Waals surface area contributed by atoms with Crippen LogP contribution in [-0.2, 0) is 0 Å². The molecule has 0 atom stereocenters. The zero-order valence-corrected chi connectivity index (χ0v) is 11.1. The zero-order chi connectivity index (χ0) is 14.2. The summed E-state index contributed by atoms with van der Waals surface area (Å²) in [5, 5.41) is 12.2. The topological polar surface area (TPSA) is 60.2 Å². The highest BCUT2D eigenvalue weighted by Crippen LogP contribution is 2.28. The molecule has 4 nitrogen and oxygen atoms in total. The van der Waals surface area contributed by atoms with Crippen LogP contribution in [0.1, 0.15) is 31.1 Å². The van der Waals surface area contributed by atoms with E-state index in [0.29, 0.717) is 16.3 Å². The van der Waals surface area contributed by atoms with Crippen molar-refractivity contribution in [2.75, 3.05) is 0 Å². The molecule has 0 saturated heterocycles. The van der Waals surface area contributed by atoms with Gasteiger partial charge in [-0.3, -0.25) is 14.9 Å². The van der Waals surface area contributed by atoms with Gasteiger partial charge in [0.1, 0.15) is 0 Å². The van der Waals surface area contributed by atoms with Crippen molar-refractivity contribution in [1.29, 1.82) is 0 Å². The van der Waals surface area contributed by atoms with E-state index in [4.69, 9.17) is 0 Å². The lowest BCUT2D eigenvalue weighted by atomic mass is 9.86. The maximum atomic E-state index is 12.2. The van der Waals surface area contributed by atoms with E-state index in [0.717, 1.165) is 0 Å². The molecule has 2 aromatic carbocycles. The molecular formula is C15H15NO3. The van der Waals surface area contributed by atoms with Crippen LogP contribution in [0.25, 0.3) is 10.8 Å². The van der Waals surface area contributed by atoms with E-state index < -0.39 is 10.3 Å². The maximum Gasteiger partial charge on any atom is 0.277 e. The van der Waals surface area contributed by atoms with Gasteiger partial charge in [-0.15, -0.1) is 0 Å². The Hall–Kier alpha value is -2.23. The van der Waals surface area contributed by atoms with Gasteiger partial charge in [0.2, 0.25) is 0 Å². The van der Waals surface area contributed by atoms with E-state index in [1.165, 1.54) is 6.07 Å². The van der Waals surface area contributed by atoms with Gasteiger partial charge in [0, 0.05) is 17.0 Å². The number of fused-ring (bicyclic) bond motifs is 1. The van der Waals surface area contributed by atoms with Crippen LogP contribution in [0.15, 0.2) is 36.4 Å². The highest BCUT2D eigenvalue weighted by atomic mass is 16.6. The van der Waals surface area contributed by atoms with Crippen LogP contribution in [0.4, 0.5) is 5.69 Å². The summed E-state index contributed by atoms with van der Waals surface area (Å²) < 4.78 is 0. The standard InChI is InChI=1S/C15H15NO3/c1-15(2,3)14(17)11-7-8-12-10(9-11)5-4-6-13(12)16(18)19/h4-9H,1-3H3. The van der Waals surface area contributed by atoms with Gasteiger partial charge in [-0.1, -0.05) is 39.0 Å². The van der Waals surface area contributed by atoms with Gasteiger partial charge in [0.05, 0.1) is 10.3 Å². The van der Waals surface area contributed by atoms with Crippen LogP contribution in [0, 0.1) is 15.5 Å². The van der Waals surface area contributed by atoms with Crippen molar-refractivity contribution < 1.29 is 9.72 Å². The molecule has 0 aliphatic rings. The van der Waals surface area contributed by atoms with Crippen molar-refractivity contribution in [2.45, 2.75) is 20.8 Å². The Balaban J connectivity index is 2.60. The maximum absolute atomic E-state index is 12.2. The third-order valence-electron chi connectivity index (χ3n) is 3.00. The van der Waals surface area contributed by atoms with Gasteiger partial charge < -0.3 is 0 Å². The summed E-state index contributed by atoms with van der Waals surface area (Å²) in [6.07, 6.45) is 0. The molecule has 0 aliphatic carbocycles. The number of Topliss-reactive ketones (excluding diaryl/α,β-unsaturated/α-hetero) is 1. The number of nitrogens with zero attached hydrogens (tertiary/aromatic N) is 1. The fourth-order valence-electron chi connectivity index (χ4n) is 2.00. The minimum atomic E-state index is -0.464. The Bertz CT molecular complexity index is 669. The molecule has 0 bridgehead atoms. The number of nitro benzene ring substituents is 1. The molecule has 2 rings (SSSR count). The fraction of sp³-hybridized carbons (Fsp3) is 0.267. The second-order valence-corrected chi connectivity index (χ2v) is 5.55. The quantitative estimate of drug-likeness (QED) is 0.464. The average molecular weight is 257 g/mol. The second-order valence-electron chi connectivity index (χ2n) is 5.55. The van der Waals surface area contributed by atoms with Gasteiger partial charge in [0.25, 0.3) is 5.69 Å². The van der Waals surface area contributed by atoms with Gasteiger partial charge in [-0.25, -0.2) is 0 Å². The summed E-state index contributed by atoms with van der Waals surface area (Å²) in [7, 11) is 0. The second kappa shape index (κ2) is 4.46. The Labute approximate surface area is 111 Å². The lowest BCUT2D eigenvalue weighted by Gasteiger charge is -2.16. The summed E-state index contributed by atoms with van der Waals surface area (Å²) in [6.45, 7) is 5.56. The van der Waals surface area contributed by atoms with Crippen molar-refractivity contribution in [3.05, 3.63) is 52.1 Å². The normalized spacial score (nSPS) is 11.5. The minimum Gasteiger partial charge on any atom is -0.294 e. The number of nitro groups is 1. The molecule has 0 fully saturated rings. The Morgan fingerprint density at radius 2 is 1.84 bits per heavy atom. The molecule has 0 aliphatic heterocycles. The Morgan fingerprint density at radius 1 is 1.16 bits per heavy atom. The molecule has 0 N–H and O–H groups in total.